The van der Waals surface area contributed by atoms with Crippen molar-refractivity contribution in [3.63, 3.8) is 0 Å². The van der Waals surface area contributed by atoms with Gasteiger partial charge in [0, 0.05) is 17.8 Å². The van der Waals surface area contributed by atoms with Gasteiger partial charge in [-0.2, -0.15) is 0 Å². The number of hydrogen-bond donors (Lipinski definition) is 1. The first-order valence-corrected chi connectivity index (χ1v) is 4.45. The van der Waals surface area contributed by atoms with E-state index in [4.69, 9.17) is 0 Å². The molecule has 0 bridgehead atoms. The molecule has 0 aliphatic carbocycles. The molecule has 0 fully saturated rings. The van der Waals surface area contributed by atoms with E-state index < -0.39 is 6.17 Å². The van der Waals surface area contributed by atoms with Crippen LogP contribution in [0.1, 0.15) is 24.6 Å². The molecular formula is C10H11F2N. The van der Waals surface area contributed by atoms with Crippen molar-refractivity contribution in [2.75, 3.05) is 11.9 Å². The number of benzene rings is 1. The van der Waals surface area contributed by atoms with Crippen LogP contribution in [0, 0.1) is 5.82 Å². The Bertz CT molecular complexity index is 312. The Hall–Kier alpha value is -1.12. The SMILES string of the molecule is Fc1ccc2c(c1)C(F)CCCN2. The van der Waals surface area contributed by atoms with E-state index >= 15 is 0 Å². The van der Waals surface area contributed by atoms with Crippen molar-refractivity contribution in [3.8, 4) is 0 Å². The quantitative estimate of drug-likeness (QED) is 0.651. The average molecular weight is 183 g/mol. The lowest BCUT2D eigenvalue weighted by molar-refractivity contribution is 0.323. The summed E-state index contributed by atoms with van der Waals surface area (Å²) < 4.78 is 26.2. The van der Waals surface area contributed by atoms with Gasteiger partial charge < -0.3 is 5.32 Å². The third-order valence-electron chi connectivity index (χ3n) is 2.30. The highest BCUT2D eigenvalue weighted by molar-refractivity contribution is 5.53. The van der Waals surface area contributed by atoms with Gasteiger partial charge in [-0.15, -0.1) is 0 Å². The van der Waals surface area contributed by atoms with Gasteiger partial charge in [0.15, 0.2) is 0 Å². The highest BCUT2D eigenvalue weighted by Gasteiger charge is 2.17. The molecule has 1 N–H and O–H groups in total. The van der Waals surface area contributed by atoms with E-state index in [-0.39, 0.29) is 5.82 Å². The predicted octanol–water partition coefficient (Wildman–Crippen LogP) is 3.04. The van der Waals surface area contributed by atoms with Crippen LogP contribution in [0.4, 0.5) is 14.5 Å². The van der Waals surface area contributed by atoms with E-state index in [2.05, 4.69) is 5.32 Å². The van der Waals surface area contributed by atoms with Crippen LogP contribution < -0.4 is 5.32 Å². The van der Waals surface area contributed by atoms with Gasteiger partial charge in [0.05, 0.1) is 0 Å². The zero-order valence-corrected chi connectivity index (χ0v) is 7.19. The normalized spacial score (nSPS) is 21.5. The second kappa shape index (κ2) is 3.32. The largest absolute Gasteiger partial charge is 0.385 e. The monoisotopic (exact) mass is 183 g/mol. The molecule has 1 nitrogen and oxygen atoms in total. The molecule has 1 aliphatic rings. The molecule has 1 heterocycles. The molecule has 1 aliphatic heterocycles. The molecule has 0 saturated heterocycles. The molecule has 2 rings (SSSR count). The smallest absolute Gasteiger partial charge is 0.127 e. The number of hydrogen-bond acceptors (Lipinski definition) is 1. The standard InChI is InChI=1S/C10H11F2N/c11-7-3-4-10-8(6-7)9(12)2-1-5-13-10/h3-4,6,9,13H,1-2,5H2. The summed E-state index contributed by atoms with van der Waals surface area (Å²) in [5, 5.41) is 3.08. The molecule has 0 aromatic heterocycles. The molecule has 1 unspecified atom stereocenters. The topological polar surface area (TPSA) is 12.0 Å². The molecule has 1 aromatic rings. The highest BCUT2D eigenvalue weighted by atomic mass is 19.1. The van der Waals surface area contributed by atoms with Crippen LogP contribution in [-0.4, -0.2) is 6.54 Å². The third-order valence-corrected chi connectivity index (χ3v) is 2.30. The zero-order chi connectivity index (χ0) is 9.26. The molecule has 0 saturated carbocycles. The van der Waals surface area contributed by atoms with Crippen molar-refractivity contribution in [2.45, 2.75) is 19.0 Å². The number of nitrogens with one attached hydrogen (secondary N) is 1. The van der Waals surface area contributed by atoms with E-state index in [9.17, 15) is 8.78 Å². The number of halogens is 2. The summed E-state index contributed by atoms with van der Waals surface area (Å²) in [6.07, 6.45) is 0.238. The minimum atomic E-state index is -1.03. The first kappa shape index (κ1) is 8.48. The van der Waals surface area contributed by atoms with E-state index in [0.717, 1.165) is 18.7 Å². The fourth-order valence-electron chi connectivity index (χ4n) is 1.61. The second-order valence-corrected chi connectivity index (χ2v) is 3.27. The first-order chi connectivity index (χ1) is 6.27. The third kappa shape index (κ3) is 1.64. The van der Waals surface area contributed by atoms with E-state index in [1.807, 2.05) is 0 Å². The molecule has 13 heavy (non-hydrogen) atoms. The summed E-state index contributed by atoms with van der Waals surface area (Å²) in [6, 6.07) is 4.23. The number of anilines is 1. The summed E-state index contributed by atoms with van der Waals surface area (Å²) >= 11 is 0. The van der Waals surface area contributed by atoms with Crippen molar-refractivity contribution in [1.82, 2.24) is 0 Å². The minimum Gasteiger partial charge on any atom is -0.385 e. The summed E-state index contributed by atoms with van der Waals surface area (Å²) in [5.41, 5.74) is 1.18. The Kier molecular flexibility index (Phi) is 2.17. The molecule has 1 atom stereocenters. The van der Waals surface area contributed by atoms with Gasteiger partial charge in [-0.1, -0.05) is 0 Å². The molecule has 0 spiro atoms. The van der Waals surface area contributed by atoms with Gasteiger partial charge in [-0.25, -0.2) is 8.78 Å². The molecular weight excluding hydrogens is 172 g/mol. The van der Waals surface area contributed by atoms with Gasteiger partial charge in [0.25, 0.3) is 0 Å². The van der Waals surface area contributed by atoms with E-state index in [1.165, 1.54) is 12.1 Å². The Morgan fingerprint density at radius 2 is 2.23 bits per heavy atom. The summed E-state index contributed by atoms with van der Waals surface area (Å²) in [4.78, 5) is 0. The van der Waals surface area contributed by atoms with Gasteiger partial charge in [-0.3, -0.25) is 0 Å². The van der Waals surface area contributed by atoms with Crippen LogP contribution in [0.2, 0.25) is 0 Å². The first-order valence-electron chi connectivity index (χ1n) is 4.45. The van der Waals surface area contributed by atoms with Crippen molar-refractivity contribution in [2.24, 2.45) is 0 Å². The minimum absolute atomic E-state index is 0.370. The van der Waals surface area contributed by atoms with E-state index in [0.29, 0.717) is 12.0 Å². The fraction of sp³-hybridized carbons (Fsp3) is 0.400. The lowest BCUT2D eigenvalue weighted by Crippen LogP contribution is -1.99. The maximum absolute atomic E-state index is 13.4. The Morgan fingerprint density at radius 3 is 3.08 bits per heavy atom. The van der Waals surface area contributed by atoms with Crippen molar-refractivity contribution in [3.05, 3.63) is 29.6 Å². The molecule has 0 radical (unpaired) electrons. The number of alkyl halides is 1. The van der Waals surface area contributed by atoms with Gasteiger partial charge >= 0.3 is 0 Å². The fourth-order valence-corrected chi connectivity index (χ4v) is 1.61. The van der Waals surface area contributed by atoms with Gasteiger partial charge in [0.1, 0.15) is 12.0 Å². The Morgan fingerprint density at radius 1 is 1.38 bits per heavy atom. The van der Waals surface area contributed by atoms with Gasteiger partial charge in [-0.05, 0) is 31.0 Å². The van der Waals surface area contributed by atoms with Crippen molar-refractivity contribution in [1.29, 1.82) is 0 Å². The average Bonchev–Trinajstić information content (AvgIpc) is 2.29. The van der Waals surface area contributed by atoms with Crippen LogP contribution in [0.25, 0.3) is 0 Å². The van der Waals surface area contributed by atoms with Gasteiger partial charge in [0.2, 0.25) is 0 Å². The molecule has 0 amide bonds. The maximum atomic E-state index is 13.4. The zero-order valence-electron chi connectivity index (χ0n) is 7.19. The molecule has 3 heteroatoms. The Balaban J connectivity index is 2.43. The summed E-state index contributed by atoms with van der Waals surface area (Å²) in [7, 11) is 0. The van der Waals surface area contributed by atoms with Crippen LogP contribution in [0.15, 0.2) is 18.2 Å². The predicted molar refractivity (Wildman–Crippen MR) is 48.0 cm³/mol. The van der Waals surface area contributed by atoms with Crippen LogP contribution in [0.5, 0.6) is 0 Å². The summed E-state index contributed by atoms with van der Waals surface area (Å²) in [5.74, 6) is -0.370. The highest BCUT2D eigenvalue weighted by Crippen LogP contribution is 2.32. The van der Waals surface area contributed by atoms with Crippen LogP contribution in [-0.2, 0) is 0 Å². The Labute approximate surface area is 75.8 Å². The molecule has 70 valence electrons. The maximum Gasteiger partial charge on any atom is 0.127 e. The number of rotatable bonds is 0. The van der Waals surface area contributed by atoms with Crippen LogP contribution >= 0.6 is 0 Å². The number of fused-ring (bicyclic) bond motifs is 1. The van der Waals surface area contributed by atoms with Crippen LogP contribution in [0.3, 0.4) is 0 Å². The van der Waals surface area contributed by atoms with E-state index in [1.54, 1.807) is 6.07 Å². The molecule has 1 aromatic carbocycles. The lowest BCUT2D eigenvalue weighted by atomic mass is 10.1. The summed E-state index contributed by atoms with van der Waals surface area (Å²) in [6.45, 7) is 0.763. The van der Waals surface area contributed by atoms with Crippen molar-refractivity contribution < 1.29 is 8.78 Å². The second-order valence-electron chi connectivity index (χ2n) is 3.27. The van der Waals surface area contributed by atoms with Crippen molar-refractivity contribution >= 4 is 5.69 Å². The lowest BCUT2D eigenvalue weighted by Gasteiger charge is -2.09.